The minimum Gasteiger partial charge on any atom is -0.497 e. The van der Waals surface area contributed by atoms with Crippen LogP contribution in [0.1, 0.15) is 6.92 Å². The van der Waals surface area contributed by atoms with Crippen LogP contribution in [0, 0.1) is 0 Å². The van der Waals surface area contributed by atoms with Crippen molar-refractivity contribution in [3.8, 4) is 73.6 Å². The molecular formula is C33H35O7P. The second-order valence-electron chi connectivity index (χ2n) is 9.65. The van der Waals surface area contributed by atoms with E-state index in [4.69, 9.17) is 33.2 Å². The lowest BCUT2D eigenvalue weighted by Gasteiger charge is -2.27. The van der Waals surface area contributed by atoms with E-state index in [9.17, 15) is 0 Å². The molecule has 0 spiro atoms. The molecule has 1 aliphatic heterocycles. The Hall–Kier alpha value is -4.09. The summed E-state index contributed by atoms with van der Waals surface area (Å²) in [6.07, 6.45) is 0. The van der Waals surface area contributed by atoms with Gasteiger partial charge in [0.05, 0.1) is 54.8 Å². The molecule has 1 heterocycles. The van der Waals surface area contributed by atoms with E-state index < -0.39 is 0 Å². The van der Waals surface area contributed by atoms with Gasteiger partial charge in [0.2, 0.25) is 0 Å². The van der Waals surface area contributed by atoms with E-state index in [1.807, 2.05) is 48.5 Å². The highest BCUT2D eigenvalue weighted by Crippen LogP contribution is 2.52. The summed E-state index contributed by atoms with van der Waals surface area (Å²) in [6, 6.07) is 19.8. The molecule has 0 N–H and O–H groups in total. The molecule has 41 heavy (non-hydrogen) atoms. The van der Waals surface area contributed by atoms with Crippen LogP contribution in [0.25, 0.3) is 33.4 Å². The molecule has 214 valence electrons. The average molecular weight is 575 g/mol. The van der Waals surface area contributed by atoms with Crippen molar-refractivity contribution >= 4 is 13.9 Å². The first-order chi connectivity index (χ1) is 19.9. The molecule has 8 heteroatoms. The Morgan fingerprint density at radius 3 is 1.54 bits per heavy atom. The van der Waals surface area contributed by atoms with Crippen molar-refractivity contribution in [1.82, 2.24) is 0 Å². The highest BCUT2D eigenvalue weighted by atomic mass is 31.1. The Labute approximate surface area is 243 Å². The molecule has 0 aliphatic carbocycles. The van der Waals surface area contributed by atoms with Gasteiger partial charge in [-0.05, 0) is 47.5 Å². The first-order valence-corrected chi connectivity index (χ1v) is 14.3. The third-order valence-corrected chi connectivity index (χ3v) is 8.60. The van der Waals surface area contributed by atoms with Gasteiger partial charge >= 0.3 is 0 Å². The van der Waals surface area contributed by atoms with Gasteiger partial charge in [-0.25, -0.2) is 0 Å². The van der Waals surface area contributed by atoms with E-state index in [1.54, 1.807) is 42.7 Å². The summed E-state index contributed by atoms with van der Waals surface area (Å²) in [5.74, 6) is 4.92. The minimum atomic E-state index is 0.397. The maximum atomic E-state index is 6.22. The Kier molecular flexibility index (Phi) is 8.46. The Morgan fingerprint density at radius 1 is 0.610 bits per heavy atom. The third-order valence-electron chi connectivity index (χ3n) is 7.14. The molecule has 0 saturated carbocycles. The number of benzene rings is 4. The first kappa shape index (κ1) is 28.4. The SMILES string of the molecule is COc1cc(OC)cc(-c2cc(-c3cc(OC)cc(OC)c3)c(OC)c(-c3cccc4c3PC(C)CO4)c2OC)c1. The number of hydrogen-bond acceptors (Lipinski definition) is 7. The summed E-state index contributed by atoms with van der Waals surface area (Å²) < 4.78 is 41.1. The molecule has 4 aromatic rings. The highest BCUT2D eigenvalue weighted by Gasteiger charge is 2.28. The zero-order valence-corrected chi connectivity index (χ0v) is 25.4. The molecule has 7 nitrogen and oxygen atoms in total. The summed E-state index contributed by atoms with van der Waals surface area (Å²) in [5.41, 5.74) is 5.69. The van der Waals surface area contributed by atoms with Gasteiger partial charge in [-0.1, -0.05) is 27.6 Å². The predicted octanol–water partition coefficient (Wildman–Crippen LogP) is 6.82. The molecule has 2 atom stereocenters. The van der Waals surface area contributed by atoms with Crippen molar-refractivity contribution < 1.29 is 33.2 Å². The van der Waals surface area contributed by atoms with Crippen LogP contribution < -0.4 is 38.5 Å². The van der Waals surface area contributed by atoms with Crippen molar-refractivity contribution in [3.05, 3.63) is 60.7 Å². The van der Waals surface area contributed by atoms with E-state index in [0.29, 0.717) is 55.3 Å². The second kappa shape index (κ2) is 12.2. The summed E-state index contributed by atoms with van der Waals surface area (Å²) in [7, 11) is 10.5. The molecule has 4 aromatic carbocycles. The normalized spacial score (nSPS) is 14.6. The molecule has 0 bridgehead atoms. The Balaban J connectivity index is 1.91. The van der Waals surface area contributed by atoms with Crippen LogP contribution in [0.2, 0.25) is 0 Å². The van der Waals surface area contributed by atoms with Gasteiger partial charge < -0.3 is 33.2 Å². The fraction of sp³-hybridized carbons (Fsp3) is 0.273. The average Bonchev–Trinajstić information content (AvgIpc) is 3.02. The smallest absolute Gasteiger partial charge is 0.138 e. The predicted molar refractivity (Wildman–Crippen MR) is 165 cm³/mol. The lowest BCUT2D eigenvalue weighted by Crippen LogP contribution is -2.22. The zero-order chi connectivity index (χ0) is 29.1. The number of methoxy groups -OCH3 is 6. The standard InChI is InChI=1S/C33H35O7P/c1-19-18-40-29-10-8-9-26(33(29)41-19)30-31(38-6)27(20-11-22(34-2)15-23(12-20)35-3)17-28(32(30)39-7)21-13-24(36-4)16-25(14-21)37-5/h8-17,19,41H,18H2,1-7H3. The number of ether oxygens (including phenoxy) is 7. The van der Waals surface area contributed by atoms with Crippen LogP contribution in [0.5, 0.6) is 40.2 Å². The van der Waals surface area contributed by atoms with Gasteiger partial charge in [-0.15, -0.1) is 0 Å². The second-order valence-corrected chi connectivity index (χ2v) is 11.4. The fourth-order valence-electron chi connectivity index (χ4n) is 5.18. The largest absolute Gasteiger partial charge is 0.497 e. The van der Waals surface area contributed by atoms with Crippen molar-refractivity contribution in [3.63, 3.8) is 0 Å². The molecule has 0 radical (unpaired) electrons. The van der Waals surface area contributed by atoms with Gasteiger partial charge in [-0.3, -0.25) is 0 Å². The lowest BCUT2D eigenvalue weighted by atomic mass is 9.90. The zero-order valence-electron chi connectivity index (χ0n) is 24.4. The molecule has 0 fully saturated rings. The lowest BCUT2D eigenvalue weighted by molar-refractivity contribution is 0.319. The quantitative estimate of drug-likeness (QED) is 0.203. The first-order valence-electron chi connectivity index (χ1n) is 13.2. The van der Waals surface area contributed by atoms with E-state index in [2.05, 4.69) is 19.1 Å². The van der Waals surface area contributed by atoms with Crippen LogP contribution in [0.15, 0.2) is 60.7 Å². The van der Waals surface area contributed by atoms with E-state index in [-0.39, 0.29) is 0 Å². The van der Waals surface area contributed by atoms with Crippen molar-refractivity contribution in [2.24, 2.45) is 0 Å². The van der Waals surface area contributed by atoms with Gasteiger partial charge in [0.15, 0.2) is 0 Å². The summed E-state index contributed by atoms with van der Waals surface area (Å²) in [4.78, 5) is 0. The van der Waals surface area contributed by atoms with E-state index >= 15 is 0 Å². The van der Waals surface area contributed by atoms with Crippen LogP contribution in [-0.4, -0.2) is 54.9 Å². The van der Waals surface area contributed by atoms with Crippen molar-refractivity contribution in [2.45, 2.75) is 12.6 Å². The van der Waals surface area contributed by atoms with Gasteiger partial charge in [0, 0.05) is 39.8 Å². The van der Waals surface area contributed by atoms with Gasteiger partial charge in [0.1, 0.15) is 40.2 Å². The molecule has 0 amide bonds. The Morgan fingerprint density at radius 2 is 1.10 bits per heavy atom. The fourth-order valence-corrected chi connectivity index (χ4v) is 6.50. The molecule has 5 rings (SSSR count). The Bertz CT molecular complexity index is 1440. The van der Waals surface area contributed by atoms with Gasteiger partial charge in [0.25, 0.3) is 0 Å². The molecule has 0 aromatic heterocycles. The highest BCUT2D eigenvalue weighted by molar-refractivity contribution is 7.48. The molecule has 1 aliphatic rings. The van der Waals surface area contributed by atoms with Gasteiger partial charge in [-0.2, -0.15) is 0 Å². The van der Waals surface area contributed by atoms with Crippen LogP contribution in [-0.2, 0) is 0 Å². The topological polar surface area (TPSA) is 64.6 Å². The maximum Gasteiger partial charge on any atom is 0.138 e. The van der Waals surface area contributed by atoms with E-state index in [1.165, 1.54) is 0 Å². The van der Waals surface area contributed by atoms with Crippen LogP contribution in [0.4, 0.5) is 0 Å². The molecule has 2 unspecified atom stereocenters. The van der Waals surface area contributed by atoms with E-state index in [0.717, 1.165) is 44.4 Å². The molecular weight excluding hydrogens is 539 g/mol. The monoisotopic (exact) mass is 574 g/mol. The maximum absolute atomic E-state index is 6.22. The molecule has 0 saturated heterocycles. The summed E-state index contributed by atoms with van der Waals surface area (Å²) in [5, 5.41) is 1.15. The third kappa shape index (κ3) is 5.47. The number of rotatable bonds is 9. The number of fused-ring (bicyclic) bond motifs is 1. The van der Waals surface area contributed by atoms with Crippen LogP contribution >= 0.6 is 8.58 Å². The minimum absolute atomic E-state index is 0.397. The summed E-state index contributed by atoms with van der Waals surface area (Å²) >= 11 is 0. The van der Waals surface area contributed by atoms with Crippen molar-refractivity contribution in [1.29, 1.82) is 0 Å². The summed E-state index contributed by atoms with van der Waals surface area (Å²) in [6.45, 7) is 2.90. The number of hydrogen-bond donors (Lipinski definition) is 0. The van der Waals surface area contributed by atoms with Crippen LogP contribution in [0.3, 0.4) is 0 Å². The van der Waals surface area contributed by atoms with Crippen molar-refractivity contribution in [2.75, 3.05) is 49.3 Å².